The molecule has 18 heavy (non-hydrogen) atoms. The molecule has 1 aromatic carbocycles. The number of para-hydroxylation sites is 1. The molecular weight excluding hydrogens is 224 g/mol. The van der Waals surface area contributed by atoms with E-state index in [1.165, 1.54) is 11.3 Å². The maximum absolute atomic E-state index is 5.80. The predicted octanol–water partition coefficient (Wildman–Crippen LogP) is 2.41. The van der Waals surface area contributed by atoms with Gasteiger partial charge in [0, 0.05) is 25.3 Å². The Hall–Kier alpha value is -1.06. The summed E-state index contributed by atoms with van der Waals surface area (Å²) in [5, 5.41) is 3.41. The summed E-state index contributed by atoms with van der Waals surface area (Å²) in [6.07, 6.45) is 0.613. The summed E-state index contributed by atoms with van der Waals surface area (Å²) in [6.45, 7) is 10.3. The van der Waals surface area contributed by atoms with Crippen LogP contribution in [0.5, 0.6) is 0 Å². The van der Waals surface area contributed by atoms with E-state index in [4.69, 9.17) is 4.74 Å². The van der Waals surface area contributed by atoms with Gasteiger partial charge in [0.05, 0.1) is 12.2 Å². The molecule has 3 heteroatoms. The van der Waals surface area contributed by atoms with Gasteiger partial charge in [0.2, 0.25) is 0 Å². The monoisotopic (exact) mass is 248 g/mol. The minimum atomic E-state index is 0.306. The maximum atomic E-state index is 5.80. The Morgan fingerprint density at radius 2 is 1.89 bits per heavy atom. The summed E-state index contributed by atoms with van der Waals surface area (Å²) in [5.74, 6) is 0. The van der Waals surface area contributed by atoms with Crippen LogP contribution in [0.15, 0.2) is 24.3 Å². The van der Waals surface area contributed by atoms with E-state index in [1.807, 2.05) is 0 Å². The quantitative estimate of drug-likeness (QED) is 0.885. The van der Waals surface area contributed by atoms with Crippen molar-refractivity contribution >= 4 is 5.69 Å². The second-order valence-electron chi connectivity index (χ2n) is 5.07. The number of anilines is 1. The van der Waals surface area contributed by atoms with Crippen LogP contribution in [0.3, 0.4) is 0 Å². The Labute approximate surface area is 110 Å². The van der Waals surface area contributed by atoms with Gasteiger partial charge in [-0.3, -0.25) is 0 Å². The number of rotatable bonds is 4. The second-order valence-corrected chi connectivity index (χ2v) is 5.07. The highest BCUT2D eigenvalue weighted by atomic mass is 16.5. The van der Waals surface area contributed by atoms with Crippen LogP contribution in [0.4, 0.5) is 5.69 Å². The third kappa shape index (κ3) is 3.24. The molecule has 0 aromatic heterocycles. The van der Waals surface area contributed by atoms with Crippen molar-refractivity contribution in [1.29, 1.82) is 0 Å². The van der Waals surface area contributed by atoms with Crippen LogP contribution in [0.2, 0.25) is 0 Å². The van der Waals surface area contributed by atoms with Crippen molar-refractivity contribution in [3.05, 3.63) is 29.8 Å². The summed E-state index contributed by atoms with van der Waals surface area (Å²) < 4.78 is 5.80. The van der Waals surface area contributed by atoms with Crippen molar-refractivity contribution in [3.63, 3.8) is 0 Å². The summed E-state index contributed by atoms with van der Waals surface area (Å²) in [4.78, 5) is 2.45. The van der Waals surface area contributed by atoms with Crippen LogP contribution in [0.1, 0.15) is 26.3 Å². The molecule has 0 amide bonds. The molecule has 0 spiro atoms. The lowest BCUT2D eigenvalue weighted by atomic mass is 10.1. The average molecular weight is 248 g/mol. The highest BCUT2D eigenvalue weighted by molar-refractivity contribution is 5.54. The number of nitrogens with zero attached hydrogens (tertiary/aromatic N) is 1. The first-order valence-corrected chi connectivity index (χ1v) is 6.89. The molecular formula is C15H24N2O. The second kappa shape index (κ2) is 6.21. The fourth-order valence-corrected chi connectivity index (χ4v) is 2.60. The number of benzene rings is 1. The van der Waals surface area contributed by atoms with E-state index in [-0.39, 0.29) is 0 Å². The largest absolute Gasteiger partial charge is 0.372 e. The Kier molecular flexibility index (Phi) is 4.61. The summed E-state index contributed by atoms with van der Waals surface area (Å²) in [6, 6.07) is 8.67. The van der Waals surface area contributed by atoms with Crippen molar-refractivity contribution in [2.75, 3.05) is 24.5 Å². The molecule has 1 aliphatic heterocycles. The summed E-state index contributed by atoms with van der Waals surface area (Å²) in [5.41, 5.74) is 2.72. The number of morpholine rings is 1. The van der Waals surface area contributed by atoms with Gasteiger partial charge in [0.15, 0.2) is 0 Å². The van der Waals surface area contributed by atoms with Crippen LogP contribution in [-0.2, 0) is 11.3 Å². The van der Waals surface area contributed by atoms with E-state index in [9.17, 15) is 0 Å². The lowest BCUT2D eigenvalue weighted by Crippen LogP contribution is -2.46. The van der Waals surface area contributed by atoms with E-state index in [0.717, 1.165) is 26.2 Å². The third-order valence-corrected chi connectivity index (χ3v) is 3.32. The van der Waals surface area contributed by atoms with Gasteiger partial charge in [-0.15, -0.1) is 0 Å². The van der Waals surface area contributed by atoms with Crippen molar-refractivity contribution in [2.45, 2.75) is 39.5 Å². The van der Waals surface area contributed by atoms with Gasteiger partial charge in [0.25, 0.3) is 0 Å². The smallest absolute Gasteiger partial charge is 0.0726 e. The topological polar surface area (TPSA) is 24.5 Å². The zero-order chi connectivity index (χ0) is 13.0. The molecule has 1 aliphatic rings. The molecule has 1 fully saturated rings. The molecule has 2 rings (SSSR count). The van der Waals surface area contributed by atoms with E-state index >= 15 is 0 Å². The van der Waals surface area contributed by atoms with E-state index in [1.54, 1.807) is 0 Å². The summed E-state index contributed by atoms with van der Waals surface area (Å²) in [7, 11) is 0. The van der Waals surface area contributed by atoms with E-state index in [0.29, 0.717) is 12.2 Å². The highest BCUT2D eigenvalue weighted by Gasteiger charge is 2.23. The van der Waals surface area contributed by atoms with Gasteiger partial charge >= 0.3 is 0 Å². The van der Waals surface area contributed by atoms with Crippen LogP contribution >= 0.6 is 0 Å². The van der Waals surface area contributed by atoms with Crippen LogP contribution in [-0.4, -0.2) is 31.8 Å². The van der Waals surface area contributed by atoms with E-state index in [2.05, 4.69) is 55.3 Å². The van der Waals surface area contributed by atoms with Gasteiger partial charge in [-0.05, 0) is 32.0 Å². The standard InChI is InChI=1S/C15H24N2O/c1-4-16-9-14-7-5-6-8-15(14)17-10-12(2)18-13(3)11-17/h5-8,12-13,16H,4,9-11H2,1-3H3. The van der Waals surface area contributed by atoms with Crippen molar-refractivity contribution in [2.24, 2.45) is 0 Å². The molecule has 1 heterocycles. The number of hydrogen-bond acceptors (Lipinski definition) is 3. The molecule has 1 N–H and O–H groups in total. The van der Waals surface area contributed by atoms with Gasteiger partial charge in [-0.1, -0.05) is 25.1 Å². The predicted molar refractivity (Wildman–Crippen MR) is 76.0 cm³/mol. The molecule has 0 aliphatic carbocycles. The molecule has 3 nitrogen and oxygen atoms in total. The summed E-state index contributed by atoms with van der Waals surface area (Å²) >= 11 is 0. The molecule has 1 aromatic rings. The lowest BCUT2D eigenvalue weighted by molar-refractivity contribution is -0.00526. The minimum Gasteiger partial charge on any atom is -0.372 e. The molecule has 2 atom stereocenters. The molecule has 0 radical (unpaired) electrons. The highest BCUT2D eigenvalue weighted by Crippen LogP contribution is 2.24. The Bertz CT molecular complexity index is 371. The fraction of sp³-hybridized carbons (Fsp3) is 0.600. The first kappa shape index (κ1) is 13.4. The zero-order valence-electron chi connectivity index (χ0n) is 11.6. The van der Waals surface area contributed by atoms with Crippen molar-refractivity contribution in [3.8, 4) is 0 Å². The zero-order valence-corrected chi connectivity index (χ0v) is 11.6. The van der Waals surface area contributed by atoms with Crippen molar-refractivity contribution < 1.29 is 4.74 Å². The molecule has 100 valence electrons. The number of ether oxygens (including phenoxy) is 1. The molecule has 1 saturated heterocycles. The Balaban J connectivity index is 2.15. The SMILES string of the molecule is CCNCc1ccccc1N1CC(C)OC(C)C1. The third-order valence-electron chi connectivity index (χ3n) is 3.32. The van der Waals surface area contributed by atoms with Crippen LogP contribution < -0.4 is 10.2 Å². The van der Waals surface area contributed by atoms with E-state index < -0.39 is 0 Å². The van der Waals surface area contributed by atoms with Gasteiger partial charge in [-0.2, -0.15) is 0 Å². The minimum absolute atomic E-state index is 0.306. The Morgan fingerprint density at radius 3 is 2.56 bits per heavy atom. The number of nitrogens with one attached hydrogen (secondary N) is 1. The first-order valence-electron chi connectivity index (χ1n) is 6.89. The molecule has 0 bridgehead atoms. The molecule has 0 saturated carbocycles. The lowest BCUT2D eigenvalue weighted by Gasteiger charge is -2.37. The van der Waals surface area contributed by atoms with Gasteiger partial charge < -0.3 is 15.0 Å². The Morgan fingerprint density at radius 1 is 1.22 bits per heavy atom. The van der Waals surface area contributed by atoms with Crippen molar-refractivity contribution in [1.82, 2.24) is 5.32 Å². The number of hydrogen-bond donors (Lipinski definition) is 1. The fourth-order valence-electron chi connectivity index (χ4n) is 2.60. The van der Waals surface area contributed by atoms with Crippen LogP contribution in [0.25, 0.3) is 0 Å². The first-order chi connectivity index (χ1) is 8.70. The van der Waals surface area contributed by atoms with Gasteiger partial charge in [0.1, 0.15) is 0 Å². The maximum Gasteiger partial charge on any atom is 0.0726 e. The molecule has 2 unspecified atom stereocenters. The normalized spacial score (nSPS) is 24.3. The average Bonchev–Trinajstić information content (AvgIpc) is 2.35. The van der Waals surface area contributed by atoms with Crippen LogP contribution in [0, 0.1) is 0 Å². The van der Waals surface area contributed by atoms with Gasteiger partial charge in [-0.25, -0.2) is 0 Å².